The van der Waals surface area contributed by atoms with Crippen LogP contribution < -0.4 is 10.4 Å². The van der Waals surface area contributed by atoms with Gasteiger partial charge >= 0.3 is 5.63 Å². The van der Waals surface area contributed by atoms with Crippen LogP contribution in [0.25, 0.3) is 28.0 Å². The maximum Gasteiger partial charge on any atom is 0.344 e. The molecule has 1 unspecified atom stereocenters. The van der Waals surface area contributed by atoms with Gasteiger partial charge in [-0.3, -0.25) is 4.98 Å². The van der Waals surface area contributed by atoms with Crippen LogP contribution in [-0.2, 0) is 0 Å². The van der Waals surface area contributed by atoms with Gasteiger partial charge in [0.25, 0.3) is 0 Å². The van der Waals surface area contributed by atoms with E-state index in [0.29, 0.717) is 60.8 Å². The van der Waals surface area contributed by atoms with Crippen molar-refractivity contribution < 1.29 is 9.15 Å². The minimum absolute atomic E-state index is 0.312. The van der Waals surface area contributed by atoms with Crippen molar-refractivity contribution in [2.75, 3.05) is 0 Å². The van der Waals surface area contributed by atoms with E-state index in [4.69, 9.17) is 37.3 Å². The first-order valence-electron chi connectivity index (χ1n) is 10.9. The van der Waals surface area contributed by atoms with Crippen LogP contribution in [0.15, 0.2) is 82.5 Å². The van der Waals surface area contributed by atoms with Gasteiger partial charge in [-0.25, -0.2) is 19.3 Å². The molecule has 1 aliphatic heterocycles. The summed E-state index contributed by atoms with van der Waals surface area (Å²) >= 11 is 12.6. The van der Waals surface area contributed by atoms with Crippen LogP contribution in [0.4, 0.5) is 0 Å². The number of hydrogen-bond donors (Lipinski definition) is 0. The van der Waals surface area contributed by atoms with Crippen molar-refractivity contribution in [3.63, 3.8) is 0 Å². The summed E-state index contributed by atoms with van der Waals surface area (Å²) in [6, 6.07) is 16.1. The maximum absolute atomic E-state index is 13.4. The lowest BCUT2D eigenvalue weighted by molar-refractivity contribution is 0.422. The number of rotatable bonds is 2. The number of pyridine rings is 1. The van der Waals surface area contributed by atoms with Crippen molar-refractivity contribution in [1.29, 1.82) is 0 Å². The third-order valence-corrected chi connectivity index (χ3v) is 6.90. The Labute approximate surface area is 212 Å². The zero-order chi connectivity index (χ0) is 24.4. The van der Waals surface area contributed by atoms with E-state index in [1.54, 1.807) is 41.2 Å². The zero-order valence-corrected chi connectivity index (χ0v) is 19.7. The average Bonchev–Trinajstić information content (AvgIpc) is 3.35. The van der Waals surface area contributed by atoms with Gasteiger partial charge in [0.15, 0.2) is 17.2 Å². The van der Waals surface area contributed by atoms with Crippen molar-refractivity contribution in [3.05, 3.63) is 110 Å². The molecule has 6 aromatic rings. The fourth-order valence-electron chi connectivity index (χ4n) is 4.57. The number of hydrogen-bond acceptors (Lipinski definition) is 7. The van der Waals surface area contributed by atoms with Crippen molar-refractivity contribution >= 4 is 39.8 Å². The van der Waals surface area contributed by atoms with E-state index in [2.05, 4.69) is 15.1 Å². The second-order valence-electron chi connectivity index (χ2n) is 8.25. The predicted molar refractivity (Wildman–Crippen MR) is 134 cm³/mol. The molecule has 1 atom stereocenters. The lowest BCUT2D eigenvalue weighted by Crippen LogP contribution is -2.22. The Balaban J connectivity index is 1.57. The maximum atomic E-state index is 13.4. The summed E-state index contributed by atoms with van der Waals surface area (Å²) in [6.07, 6.45) is 4.89. The van der Waals surface area contributed by atoms with E-state index in [1.165, 1.54) is 6.33 Å². The molecule has 0 amide bonds. The Morgan fingerprint density at radius 3 is 2.69 bits per heavy atom. The smallest absolute Gasteiger partial charge is 0.344 e. The molecule has 174 valence electrons. The molecule has 36 heavy (non-hydrogen) atoms. The molecule has 10 heteroatoms. The van der Waals surface area contributed by atoms with Gasteiger partial charge < -0.3 is 9.15 Å². The van der Waals surface area contributed by atoms with Crippen molar-refractivity contribution in [2.24, 2.45) is 0 Å². The van der Waals surface area contributed by atoms with E-state index in [9.17, 15) is 4.79 Å². The van der Waals surface area contributed by atoms with Gasteiger partial charge in [-0.2, -0.15) is 0 Å². The fraction of sp³-hybridized carbons (Fsp3) is 0.0385. The molecule has 0 bridgehead atoms. The van der Waals surface area contributed by atoms with E-state index in [0.717, 1.165) is 5.56 Å². The number of aromatic nitrogens is 5. The standard InChI is InChI=1S/C26H13Cl2N5O3/c27-16-8-7-13(10-17(16)28)19-20-22(15-5-1-2-6-18(15)35-26(20)34)36-25-21(19)24-31-23(32-33(24)12-30-25)14-4-3-9-29-11-14/h1-12,19H. The first-order chi connectivity index (χ1) is 17.6. The van der Waals surface area contributed by atoms with Gasteiger partial charge in [-0.1, -0.05) is 41.4 Å². The highest BCUT2D eigenvalue weighted by Gasteiger charge is 2.37. The van der Waals surface area contributed by atoms with E-state index >= 15 is 0 Å². The van der Waals surface area contributed by atoms with Crippen LogP contribution in [0, 0.1) is 0 Å². The highest BCUT2D eigenvalue weighted by atomic mass is 35.5. The highest BCUT2D eigenvalue weighted by molar-refractivity contribution is 6.42. The van der Waals surface area contributed by atoms with Crippen LogP contribution in [0.1, 0.15) is 22.6 Å². The average molecular weight is 514 g/mol. The third kappa shape index (κ3) is 3.12. The van der Waals surface area contributed by atoms with Crippen molar-refractivity contribution in [3.8, 4) is 23.0 Å². The summed E-state index contributed by atoms with van der Waals surface area (Å²) in [5.74, 6) is 0.505. The molecule has 0 aliphatic carbocycles. The molecule has 2 aromatic carbocycles. The molecular formula is C26H13Cl2N5O3. The summed E-state index contributed by atoms with van der Waals surface area (Å²) < 4.78 is 13.5. The van der Waals surface area contributed by atoms with E-state index in [-0.39, 0.29) is 0 Å². The molecule has 0 fully saturated rings. The lowest BCUT2D eigenvalue weighted by atomic mass is 9.84. The SMILES string of the molecule is O=c1oc2ccccc2c2c1C(c1ccc(Cl)c(Cl)c1)c1c(ncn3nc(-c4cccnc4)nc13)O2. The van der Waals surface area contributed by atoms with Crippen molar-refractivity contribution in [1.82, 2.24) is 24.6 Å². The number of para-hydroxylation sites is 1. The lowest BCUT2D eigenvalue weighted by Gasteiger charge is -2.27. The molecule has 4 aromatic heterocycles. The van der Waals surface area contributed by atoms with Crippen LogP contribution in [0.2, 0.25) is 10.0 Å². The number of ether oxygens (including phenoxy) is 1. The Morgan fingerprint density at radius 2 is 1.86 bits per heavy atom. The van der Waals surface area contributed by atoms with Gasteiger partial charge in [0.05, 0.1) is 32.5 Å². The number of halogens is 2. The molecule has 7 rings (SSSR count). The Bertz CT molecular complexity index is 1880. The summed E-state index contributed by atoms with van der Waals surface area (Å²) in [4.78, 5) is 26.9. The topological polar surface area (TPSA) is 95.4 Å². The third-order valence-electron chi connectivity index (χ3n) is 6.16. The quantitative estimate of drug-likeness (QED) is 0.266. The van der Waals surface area contributed by atoms with Gasteiger partial charge in [-0.15, -0.1) is 5.10 Å². The van der Waals surface area contributed by atoms with E-state index in [1.807, 2.05) is 30.3 Å². The molecule has 5 heterocycles. The Morgan fingerprint density at radius 1 is 0.972 bits per heavy atom. The molecule has 1 aliphatic rings. The molecule has 0 saturated carbocycles. The molecular weight excluding hydrogens is 501 g/mol. The molecule has 0 N–H and O–H groups in total. The summed E-state index contributed by atoms with van der Waals surface area (Å²) in [5.41, 5.74) is 2.70. The minimum atomic E-state index is -0.651. The predicted octanol–water partition coefficient (Wildman–Crippen LogP) is 5.89. The molecule has 0 saturated heterocycles. The van der Waals surface area contributed by atoms with E-state index < -0.39 is 11.5 Å². The van der Waals surface area contributed by atoms with Gasteiger partial charge in [-0.05, 0) is 42.0 Å². The second kappa shape index (κ2) is 7.87. The minimum Gasteiger partial charge on any atom is -0.437 e. The summed E-state index contributed by atoms with van der Waals surface area (Å²) in [7, 11) is 0. The van der Waals surface area contributed by atoms with Gasteiger partial charge in [0.1, 0.15) is 11.9 Å². The first kappa shape index (κ1) is 21.0. The van der Waals surface area contributed by atoms with Crippen molar-refractivity contribution in [2.45, 2.75) is 5.92 Å². The number of nitrogens with zero attached hydrogens (tertiary/aromatic N) is 5. The Kier molecular flexibility index (Phi) is 4.60. The number of benzene rings is 2. The molecule has 0 radical (unpaired) electrons. The normalized spacial score (nSPS) is 14.4. The van der Waals surface area contributed by atoms with Crippen LogP contribution >= 0.6 is 23.2 Å². The second-order valence-corrected chi connectivity index (χ2v) is 9.06. The number of fused-ring (bicyclic) bond motifs is 6. The first-order valence-corrected chi connectivity index (χ1v) is 11.7. The fourth-order valence-corrected chi connectivity index (χ4v) is 4.88. The van der Waals surface area contributed by atoms with Crippen LogP contribution in [0.5, 0.6) is 11.6 Å². The van der Waals surface area contributed by atoms with Gasteiger partial charge in [0.2, 0.25) is 5.88 Å². The van der Waals surface area contributed by atoms with Crippen LogP contribution in [0.3, 0.4) is 0 Å². The summed E-state index contributed by atoms with van der Waals surface area (Å²) in [6.45, 7) is 0. The molecule has 0 spiro atoms. The van der Waals surface area contributed by atoms with Crippen LogP contribution in [-0.4, -0.2) is 24.6 Å². The zero-order valence-electron chi connectivity index (χ0n) is 18.2. The monoisotopic (exact) mass is 513 g/mol. The Hall–Kier alpha value is -4.27. The largest absolute Gasteiger partial charge is 0.437 e. The van der Waals surface area contributed by atoms with Gasteiger partial charge in [0, 0.05) is 18.0 Å². The summed E-state index contributed by atoms with van der Waals surface area (Å²) in [5, 5.41) is 5.98. The highest BCUT2D eigenvalue weighted by Crippen LogP contribution is 2.49. The molecule has 8 nitrogen and oxygen atoms in total.